The Kier molecular flexibility index (Phi) is 6.80. The lowest BCUT2D eigenvalue weighted by Gasteiger charge is -2.31. The van der Waals surface area contributed by atoms with Gasteiger partial charge in [0, 0.05) is 24.7 Å². The first-order valence-electron chi connectivity index (χ1n) is 9.28. The fraction of sp³-hybridized carbons (Fsp3) is 0.350. The Bertz CT molecular complexity index is 784. The maximum Gasteiger partial charge on any atom is 0.321 e. The summed E-state index contributed by atoms with van der Waals surface area (Å²) in [6.45, 7) is 1.73. The molecule has 1 aromatic carbocycles. The number of hydrogen-bond acceptors (Lipinski definition) is 5. The SMILES string of the molecule is O=C(CN1CCC(NC(=O)c2ccccc2)CC1)NC(=O)NCc1ccco1. The molecular formula is C20H24N4O4. The number of nitrogens with one attached hydrogen (secondary N) is 3. The van der Waals surface area contributed by atoms with Gasteiger partial charge < -0.3 is 15.1 Å². The number of carbonyl (C=O) groups excluding carboxylic acids is 3. The Balaban J connectivity index is 1.34. The zero-order valence-electron chi connectivity index (χ0n) is 15.5. The highest BCUT2D eigenvalue weighted by atomic mass is 16.3. The number of carbonyl (C=O) groups is 3. The van der Waals surface area contributed by atoms with Gasteiger partial charge in [0.2, 0.25) is 5.91 Å². The molecule has 4 amide bonds. The molecule has 8 nitrogen and oxygen atoms in total. The van der Waals surface area contributed by atoms with Crippen LogP contribution < -0.4 is 16.0 Å². The van der Waals surface area contributed by atoms with Crippen molar-refractivity contribution in [2.24, 2.45) is 0 Å². The largest absolute Gasteiger partial charge is 0.467 e. The van der Waals surface area contributed by atoms with Crippen LogP contribution in [0.5, 0.6) is 0 Å². The summed E-state index contributed by atoms with van der Waals surface area (Å²) in [5.74, 6) is 0.177. The van der Waals surface area contributed by atoms with E-state index in [0.717, 1.165) is 12.8 Å². The molecule has 3 rings (SSSR count). The summed E-state index contributed by atoms with van der Waals surface area (Å²) in [6, 6.07) is 12.1. The van der Waals surface area contributed by atoms with E-state index in [4.69, 9.17) is 4.42 Å². The van der Waals surface area contributed by atoms with Crippen LogP contribution in [0.4, 0.5) is 4.79 Å². The predicted molar refractivity (Wildman–Crippen MR) is 102 cm³/mol. The Morgan fingerprint density at radius 1 is 1.04 bits per heavy atom. The summed E-state index contributed by atoms with van der Waals surface area (Å²) in [5.41, 5.74) is 0.643. The van der Waals surface area contributed by atoms with E-state index in [9.17, 15) is 14.4 Å². The fourth-order valence-electron chi connectivity index (χ4n) is 3.09. The molecule has 0 aliphatic carbocycles. The molecule has 0 atom stereocenters. The molecule has 28 heavy (non-hydrogen) atoms. The smallest absolute Gasteiger partial charge is 0.321 e. The van der Waals surface area contributed by atoms with Crippen molar-refractivity contribution < 1.29 is 18.8 Å². The summed E-state index contributed by atoms with van der Waals surface area (Å²) in [7, 11) is 0. The van der Waals surface area contributed by atoms with E-state index in [0.29, 0.717) is 24.4 Å². The molecule has 0 unspecified atom stereocenters. The average molecular weight is 384 g/mol. The molecule has 8 heteroatoms. The first-order valence-corrected chi connectivity index (χ1v) is 9.28. The molecule has 0 radical (unpaired) electrons. The number of benzene rings is 1. The molecule has 0 spiro atoms. The van der Waals surface area contributed by atoms with Crippen LogP contribution in [0, 0.1) is 0 Å². The monoisotopic (exact) mass is 384 g/mol. The fourth-order valence-corrected chi connectivity index (χ4v) is 3.09. The van der Waals surface area contributed by atoms with E-state index in [1.807, 2.05) is 23.1 Å². The Labute approximate surface area is 163 Å². The maximum atomic E-state index is 12.2. The van der Waals surface area contributed by atoms with E-state index in [1.165, 1.54) is 6.26 Å². The summed E-state index contributed by atoms with van der Waals surface area (Å²) < 4.78 is 5.11. The summed E-state index contributed by atoms with van der Waals surface area (Å²) >= 11 is 0. The second kappa shape index (κ2) is 9.70. The van der Waals surface area contributed by atoms with E-state index < -0.39 is 6.03 Å². The quantitative estimate of drug-likeness (QED) is 0.700. The molecule has 148 valence electrons. The lowest BCUT2D eigenvalue weighted by Crippen LogP contribution is -2.49. The zero-order chi connectivity index (χ0) is 19.8. The minimum Gasteiger partial charge on any atom is -0.467 e. The van der Waals surface area contributed by atoms with Crippen LogP contribution in [-0.4, -0.2) is 48.4 Å². The molecule has 0 saturated carbocycles. The van der Waals surface area contributed by atoms with Crippen LogP contribution in [0.1, 0.15) is 29.0 Å². The number of likely N-dealkylation sites (tertiary alicyclic amines) is 1. The van der Waals surface area contributed by atoms with Gasteiger partial charge in [0.25, 0.3) is 5.91 Å². The highest BCUT2D eigenvalue weighted by molar-refractivity contribution is 5.95. The number of rotatable bonds is 6. The van der Waals surface area contributed by atoms with Crippen molar-refractivity contribution in [1.29, 1.82) is 0 Å². The number of furan rings is 1. The van der Waals surface area contributed by atoms with Gasteiger partial charge in [0.05, 0.1) is 19.4 Å². The Morgan fingerprint density at radius 3 is 2.46 bits per heavy atom. The summed E-state index contributed by atoms with van der Waals surface area (Å²) in [6.07, 6.45) is 3.04. The number of imide groups is 1. The first kappa shape index (κ1) is 19.6. The summed E-state index contributed by atoms with van der Waals surface area (Å²) in [4.78, 5) is 37.9. The normalized spacial score (nSPS) is 15.0. The van der Waals surface area contributed by atoms with Gasteiger partial charge in [-0.1, -0.05) is 18.2 Å². The Morgan fingerprint density at radius 2 is 1.79 bits per heavy atom. The lowest BCUT2D eigenvalue weighted by molar-refractivity contribution is -0.121. The molecule has 3 N–H and O–H groups in total. The number of hydrogen-bond donors (Lipinski definition) is 3. The van der Waals surface area contributed by atoms with Gasteiger partial charge in [-0.15, -0.1) is 0 Å². The van der Waals surface area contributed by atoms with Gasteiger partial charge >= 0.3 is 6.03 Å². The van der Waals surface area contributed by atoms with Crippen LogP contribution in [0.2, 0.25) is 0 Å². The molecule has 1 aromatic heterocycles. The molecule has 0 bridgehead atoms. The molecule has 2 heterocycles. The van der Waals surface area contributed by atoms with Gasteiger partial charge in [-0.05, 0) is 37.1 Å². The highest BCUT2D eigenvalue weighted by Gasteiger charge is 2.23. The van der Waals surface area contributed by atoms with Crippen molar-refractivity contribution in [3.8, 4) is 0 Å². The topological polar surface area (TPSA) is 104 Å². The van der Waals surface area contributed by atoms with Crippen LogP contribution in [-0.2, 0) is 11.3 Å². The average Bonchev–Trinajstić information content (AvgIpc) is 3.22. The zero-order valence-corrected chi connectivity index (χ0v) is 15.5. The third-order valence-electron chi connectivity index (χ3n) is 4.58. The van der Waals surface area contributed by atoms with Crippen LogP contribution >= 0.6 is 0 Å². The standard InChI is InChI=1S/C20H24N4O4/c25-18(23-20(27)21-13-17-7-4-12-28-17)14-24-10-8-16(9-11-24)22-19(26)15-5-2-1-3-6-15/h1-7,12,16H,8-11,13-14H2,(H,22,26)(H2,21,23,25,27). The van der Waals surface area contributed by atoms with E-state index in [2.05, 4.69) is 16.0 Å². The van der Waals surface area contributed by atoms with Crippen molar-refractivity contribution in [2.75, 3.05) is 19.6 Å². The number of amides is 4. The third kappa shape index (κ3) is 5.95. The Hall–Kier alpha value is -3.13. The van der Waals surface area contributed by atoms with Crippen molar-refractivity contribution in [3.63, 3.8) is 0 Å². The van der Waals surface area contributed by atoms with Crippen molar-refractivity contribution in [3.05, 3.63) is 60.1 Å². The minimum atomic E-state index is -0.550. The van der Waals surface area contributed by atoms with E-state index in [1.54, 1.807) is 24.3 Å². The molecule has 2 aromatic rings. The second-order valence-corrected chi connectivity index (χ2v) is 6.70. The van der Waals surface area contributed by atoms with Gasteiger partial charge in [-0.2, -0.15) is 0 Å². The molecule has 1 saturated heterocycles. The van der Waals surface area contributed by atoms with E-state index in [-0.39, 0.29) is 30.9 Å². The number of piperidine rings is 1. The second-order valence-electron chi connectivity index (χ2n) is 6.70. The number of nitrogens with zero attached hydrogens (tertiary/aromatic N) is 1. The maximum absolute atomic E-state index is 12.2. The highest BCUT2D eigenvalue weighted by Crippen LogP contribution is 2.11. The van der Waals surface area contributed by atoms with Crippen molar-refractivity contribution in [2.45, 2.75) is 25.4 Å². The molecule has 1 aliphatic heterocycles. The summed E-state index contributed by atoms with van der Waals surface area (Å²) in [5, 5.41) is 7.91. The van der Waals surface area contributed by atoms with Crippen LogP contribution in [0.25, 0.3) is 0 Å². The third-order valence-corrected chi connectivity index (χ3v) is 4.58. The lowest BCUT2D eigenvalue weighted by atomic mass is 10.0. The molecule has 1 aliphatic rings. The van der Waals surface area contributed by atoms with Gasteiger partial charge in [-0.3, -0.25) is 19.8 Å². The number of urea groups is 1. The van der Waals surface area contributed by atoms with Crippen molar-refractivity contribution >= 4 is 17.8 Å². The van der Waals surface area contributed by atoms with Gasteiger partial charge in [0.15, 0.2) is 0 Å². The molecule has 1 fully saturated rings. The molecular weight excluding hydrogens is 360 g/mol. The van der Waals surface area contributed by atoms with Crippen LogP contribution in [0.3, 0.4) is 0 Å². The van der Waals surface area contributed by atoms with E-state index >= 15 is 0 Å². The minimum absolute atomic E-state index is 0.0787. The van der Waals surface area contributed by atoms with Crippen LogP contribution in [0.15, 0.2) is 53.1 Å². The van der Waals surface area contributed by atoms with Gasteiger partial charge in [-0.25, -0.2) is 4.79 Å². The van der Waals surface area contributed by atoms with Crippen molar-refractivity contribution in [1.82, 2.24) is 20.9 Å². The van der Waals surface area contributed by atoms with Gasteiger partial charge in [0.1, 0.15) is 5.76 Å². The first-order chi connectivity index (χ1) is 13.6. The predicted octanol–water partition coefficient (Wildman–Crippen LogP) is 1.50.